The minimum absolute atomic E-state index is 0.00570. The van der Waals surface area contributed by atoms with Crippen molar-refractivity contribution in [2.75, 3.05) is 39.4 Å². The largest absolute Gasteiger partial charge is 0.396 e. The molecule has 17 heteroatoms. The van der Waals surface area contributed by atoms with Crippen LogP contribution >= 0.6 is 0 Å². The fraction of sp³-hybridized carbons (Fsp3) is 1.00. The van der Waals surface area contributed by atoms with Gasteiger partial charge in [0.2, 0.25) is 0 Å². The Bertz CT molecular complexity index is 777. The molecule has 0 aromatic heterocycles. The van der Waals surface area contributed by atoms with Crippen molar-refractivity contribution < 1.29 is 60.2 Å². The molecule has 17 N–H and O–H groups in total. The molecular formula is C24H49N5O12. The van der Waals surface area contributed by atoms with Crippen molar-refractivity contribution in [2.45, 2.75) is 104 Å². The molecule has 2 aliphatic heterocycles. The highest BCUT2D eigenvalue weighted by Gasteiger charge is 2.55. The zero-order chi connectivity index (χ0) is 30.4. The van der Waals surface area contributed by atoms with Crippen LogP contribution in [0, 0.1) is 5.92 Å². The number of aliphatic hydroxyl groups excluding tert-OH is 9. The van der Waals surface area contributed by atoms with Gasteiger partial charge in [-0.3, -0.25) is 0 Å². The Morgan fingerprint density at radius 1 is 0.878 bits per heavy atom. The third-order valence-corrected chi connectivity index (χ3v) is 8.25. The van der Waals surface area contributed by atoms with Gasteiger partial charge < -0.3 is 88.0 Å². The molecular weight excluding hydrogens is 550 g/mol. The number of nitrogens with two attached hydrogens (primary N) is 3. The first-order valence-electron chi connectivity index (χ1n) is 14.1. The molecule has 1 aliphatic carbocycles. The monoisotopic (exact) mass is 599 g/mol. The van der Waals surface area contributed by atoms with Crippen LogP contribution in [0.25, 0.3) is 0 Å². The zero-order valence-electron chi connectivity index (χ0n) is 22.9. The van der Waals surface area contributed by atoms with Gasteiger partial charge in [0.15, 0.2) is 6.29 Å². The molecule has 16 atom stereocenters. The normalized spacial score (nSPS) is 46.4. The predicted molar refractivity (Wildman–Crippen MR) is 141 cm³/mol. The third kappa shape index (κ3) is 8.08. The lowest BCUT2D eigenvalue weighted by atomic mass is 9.72. The van der Waals surface area contributed by atoms with E-state index in [2.05, 4.69) is 10.6 Å². The van der Waals surface area contributed by atoms with E-state index in [0.29, 0.717) is 13.0 Å². The van der Waals surface area contributed by atoms with Crippen LogP contribution < -0.4 is 27.8 Å². The summed E-state index contributed by atoms with van der Waals surface area (Å²) in [4.78, 5) is 0. The van der Waals surface area contributed by atoms with Gasteiger partial charge in [0, 0.05) is 44.2 Å². The summed E-state index contributed by atoms with van der Waals surface area (Å²) in [6.07, 6.45) is -15.7. The lowest BCUT2D eigenvalue weighted by Crippen LogP contribution is -2.70. The second-order valence-electron chi connectivity index (χ2n) is 11.1. The molecule has 3 fully saturated rings. The lowest BCUT2D eigenvalue weighted by Gasteiger charge is -2.52. The maximum atomic E-state index is 11.6. The third-order valence-electron chi connectivity index (χ3n) is 8.25. The molecule has 3 aliphatic rings. The highest BCUT2D eigenvalue weighted by atomic mass is 16.7. The number of nitrogens with one attached hydrogen (secondary N) is 2. The Balaban J connectivity index is 1.85. The van der Waals surface area contributed by atoms with E-state index in [0.717, 1.165) is 0 Å². The average molecular weight is 600 g/mol. The summed E-state index contributed by atoms with van der Waals surface area (Å²) in [5, 5.41) is 99.1. The lowest BCUT2D eigenvalue weighted by molar-refractivity contribution is -0.310. The molecule has 2 saturated heterocycles. The molecule has 41 heavy (non-hydrogen) atoms. The average Bonchev–Trinajstić information content (AvgIpc) is 2.96. The molecule has 2 heterocycles. The van der Waals surface area contributed by atoms with Crippen LogP contribution in [0.5, 0.6) is 0 Å². The van der Waals surface area contributed by atoms with E-state index in [1.165, 1.54) is 0 Å². The fourth-order valence-corrected chi connectivity index (χ4v) is 5.78. The Labute approximate surface area is 238 Å². The van der Waals surface area contributed by atoms with Crippen molar-refractivity contribution in [3.8, 4) is 0 Å². The molecule has 0 spiro atoms. The van der Waals surface area contributed by atoms with Crippen molar-refractivity contribution in [1.82, 2.24) is 10.6 Å². The summed E-state index contributed by atoms with van der Waals surface area (Å²) in [6.45, 7) is -0.228. The topological polar surface area (TPSA) is 312 Å². The van der Waals surface area contributed by atoms with Crippen LogP contribution in [0.1, 0.15) is 12.8 Å². The van der Waals surface area contributed by atoms with Gasteiger partial charge in [-0.2, -0.15) is 0 Å². The smallest absolute Gasteiger partial charge is 0.186 e. The van der Waals surface area contributed by atoms with Crippen LogP contribution in [0.3, 0.4) is 0 Å². The minimum Gasteiger partial charge on any atom is -0.396 e. The second kappa shape index (κ2) is 15.9. The second-order valence-corrected chi connectivity index (χ2v) is 11.1. The van der Waals surface area contributed by atoms with Gasteiger partial charge in [-0.15, -0.1) is 0 Å². The molecule has 0 aromatic carbocycles. The molecule has 17 nitrogen and oxygen atoms in total. The highest BCUT2D eigenvalue weighted by Crippen LogP contribution is 2.37. The van der Waals surface area contributed by atoms with Gasteiger partial charge in [0.25, 0.3) is 0 Å². The van der Waals surface area contributed by atoms with Gasteiger partial charge >= 0.3 is 0 Å². The maximum Gasteiger partial charge on any atom is 0.186 e. The first-order chi connectivity index (χ1) is 19.5. The van der Waals surface area contributed by atoms with E-state index < -0.39 is 104 Å². The maximum absolute atomic E-state index is 11.6. The Morgan fingerprint density at radius 2 is 1.59 bits per heavy atom. The first kappa shape index (κ1) is 34.8. The summed E-state index contributed by atoms with van der Waals surface area (Å²) >= 11 is 0. The van der Waals surface area contributed by atoms with Gasteiger partial charge in [-0.1, -0.05) is 0 Å². The Morgan fingerprint density at radius 3 is 2.22 bits per heavy atom. The van der Waals surface area contributed by atoms with E-state index in [-0.39, 0.29) is 32.7 Å². The minimum atomic E-state index is -1.63. The summed E-state index contributed by atoms with van der Waals surface area (Å²) in [5.74, 6) is -1.05. The van der Waals surface area contributed by atoms with Crippen LogP contribution in [0.2, 0.25) is 0 Å². The fourth-order valence-electron chi connectivity index (χ4n) is 5.78. The van der Waals surface area contributed by atoms with E-state index in [1.807, 2.05) is 0 Å². The molecule has 0 radical (unpaired) electrons. The number of hydrogen-bond acceptors (Lipinski definition) is 17. The SMILES string of the molecule is NCC(O)CN[C@@H]1C[C@H](N)C([C@H]2O[C@H](CNCCCO)[C@@H](O)[C@H](O)[C@H]2O)[C@H](O)[C@H]1O[C@H]1O[C@H](CO)[C@@H](O)[C@H](N)[C@H]1O. The van der Waals surface area contributed by atoms with E-state index in [4.69, 9.17) is 36.5 Å². The number of hydrogen-bond donors (Lipinski definition) is 14. The van der Waals surface area contributed by atoms with Gasteiger partial charge in [-0.25, -0.2) is 0 Å². The van der Waals surface area contributed by atoms with E-state index in [1.54, 1.807) is 0 Å². The van der Waals surface area contributed by atoms with Crippen molar-refractivity contribution >= 4 is 0 Å². The molecule has 3 rings (SSSR count). The van der Waals surface area contributed by atoms with Gasteiger partial charge in [-0.05, 0) is 19.4 Å². The van der Waals surface area contributed by atoms with Crippen LogP contribution in [0.15, 0.2) is 0 Å². The number of aliphatic hydroxyl groups is 9. The molecule has 1 saturated carbocycles. The summed E-state index contributed by atoms with van der Waals surface area (Å²) in [5.41, 5.74) is 17.9. The molecule has 0 amide bonds. The highest BCUT2D eigenvalue weighted by molar-refractivity contribution is 5.07. The Kier molecular flexibility index (Phi) is 13.5. The molecule has 0 bridgehead atoms. The van der Waals surface area contributed by atoms with E-state index in [9.17, 15) is 40.9 Å². The van der Waals surface area contributed by atoms with Crippen molar-refractivity contribution in [3.05, 3.63) is 0 Å². The first-order valence-corrected chi connectivity index (χ1v) is 14.1. The van der Waals surface area contributed by atoms with Crippen LogP contribution in [-0.4, -0.2) is 177 Å². The van der Waals surface area contributed by atoms with Crippen LogP contribution in [0.4, 0.5) is 0 Å². The molecule has 242 valence electrons. The summed E-state index contributed by atoms with van der Waals surface area (Å²) in [7, 11) is 0. The number of rotatable bonds is 13. The molecule has 2 unspecified atom stereocenters. The summed E-state index contributed by atoms with van der Waals surface area (Å²) in [6, 6.07) is -2.82. The number of ether oxygens (including phenoxy) is 3. The van der Waals surface area contributed by atoms with Crippen molar-refractivity contribution in [1.29, 1.82) is 0 Å². The van der Waals surface area contributed by atoms with E-state index >= 15 is 0 Å². The zero-order valence-corrected chi connectivity index (χ0v) is 22.9. The Hall–Kier alpha value is -0.680. The van der Waals surface area contributed by atoms with Crippen molar-refractivity contribution in [2.24, 2.45) is 23.1 Å². The predicted octanol–water partition coefficient (Wildman–Crippen LogP) is -8.05. The standard InChI is InChI=1S/C24H49N5O12/c25-5-9(32)6-29-11-4-10(26)14(23-21(38)20(37)17(34)12(39-23)7-28-2-1-3-30)18(35)22(11)41-24-19(36)15(27)16(33)13(8-31)40-24/h9-24,28-38H,1-8,25-27H2/t9?,10-,11+,12+,13+,14?,15-,16+,17+,18-,19+,20-,21+,22-,23+,24+/m0/s1. The molecule has 0 aromatic rings. The van der Waals surface area contributed by atoms with Crippen LogP contribution in [-0.2, 0) is 14.2 Å². The van der Waals surface area contributed by atoms with Gasteiger partial charge in [0.1, 0.15) is 42.7 Å². The van der Waals surface area contributed by atoms with Gasteiger partial charge in [0.05, 0.1) is 37.1 Å². The quantitative estimate of drug-likeness (QED) is 0.0874. The summed E-state index contributed by atoms with van der Waals surface area (Å²) < 4.78 is 17.6. The van der Waals surface area contributed by atoms with Crippen molar-refractivity contribution in [3.63, 3.8) is 0 Å².